The Hall–Kier alpha value is -3.56. The predicted octanol–water partition coefficient (Wildman–Crippen LogP) is 4.04. The second-order valence-corrected chi connectivity index (χ2v) is 9.87. The molecule has 0 unspecified atom stereocenters. The molecule has 0 radical (unpaired) electrons. The molecule has 34 heavy (non-hydrogen) atoms. The maximum Gasteiger partial charge on any atom is 0.243 e. The molecule has 3 aromatic rings. The minimum Gasteiger partial charge on any atom is -0.486 e. The van der Waals surface area contributed by atoms with Gasteiger partial charge in [-0.15, -0.1) is 0 Å². The zero-order chi connectivity index (χ0) is 23.5. The van der Waals surface area contributed by atoms with Crippen LogP contribution in [0.5, 0.6) is 23.0 Å². The van der Waals surface area contributed by atoms with Crippen LogP contribution in [0.25, 0.3) is 0 Å². The number of anilines is 1. The SMILES string of the molecule is O=C(Nc1ccccc1Oc1ccccc1)[C@@H]1CCCN1S(=O)(=O)c1ccc2c(c1)OCCO2. The quantitative estimate of drug-likeness (QED) is 0.572. The molecule has 8 nitrogen and oxygen atoms in total. The molecule has 0 bridgehead atoms. The van der Waals surface area contributed by atoms with E-state index in [4.69, 9.17) is 14.2 Å². The second-order valence-electron chi connectivity index (χ2n) is 7.98. The number of nitrogens with zero attached hydrogens (tertiary/aromatic N) is 1. The van der Waals surface area contributed by atoms with Gasteiger partial charge in [-0.2, -0.15) is 4.31 Å². The van der Waals surface area contributed by atoms with Gasteiger partial charge in [0.25, 0.3) is 0 Å². The van der Waals surface area contributed by atoms with E-state index in [9.17, 15) is 13.2 Å². The molecule has 2 aliphatic rings. The summed E-state index contributed by atoms with van der Waals surface area (Å²) < 4.78 is 45.0. The first-order valence-corrected chi connectivity index (χ1v) is 12.5. The van der Waals surface area contributed by atoms with E-state index >= 15 is 0 Å². The Bertz CT molecular complexity index is 1300. The lowest BCUT2D eigenvalue weighted by atomic mass is 10.2. The van der Waals surface area contributed by atoms with Crippen molar-refractivity contribution in [2.75, 3.05) is 25.1 Å². The van der Waals surface area contributed by atoms with E-state index in [-0.39, 0.29) is 11.4 Å². The van der Waals surface area contributed by atoms with Crippen LogP contribution >= 0.6 is 0 Å². The number of rotatable bonds is 6. The van der Waals surface area contributed by atoms with E-state index in [1.54, 1.807) is 24.3 Å². The van der Waals surface area contributed by atoms with Gasteiger partial charge in [0, 0.05) is 12.6 Å². The van der Waals surface area contributed by atoms with Gasteiger partial charge in [0.1, 0.15) is 25.0 Å². The Morgan fingerprint density at radius 1 is 0.941 bits per heavy atom. The lowest BCUT2D eigenvalue weighted by molar-refractivity contribution is -0.119. The topological polar surface area (TPSA) is 94.2 Å². The number of carbonyl (C=O) groups is 1. The summed E-state index contributed by atoms with van der Waals surface area (Å²) >= 11 is 0. The summed E-state index contributed by atoms with van der Waals surface area (Å²) in [5.74, 6) is 1.60. The molecule has 3 aromatic carbocycles. The zero-order valence-corrected chi connectivity index (χ0v) is 19.2. The van der Waals surface area contributed by atoms with Crippen molar-refractivity contribution in [3.63, 3.8) is 0 Å². The molecule has 1 atom stereocenters. The number of hydrogen-bond donors (Lipinski definition) is 1. The van der Waals surface area contributed by atoms with Crippen LogP contribution in [0.2, 0.25) is 0 Å². The normalized spacial score (nSPS) is 17.8. The molecule has 5 rings (SSSR count). The van der Waals surface area contributed by atoms with E-state index in [0.717, 1.165) is 0 Å². The van der Waals surface area contributed by atoms with E-state index in [1.807, 2.05) is 36.4 Å². The summed E-state index contributed by atoms with van der Waals surface area (Å²) in [6, 6.07) is 20.0. The van der Waals surface area contributed by atoms with Crippen molar-refractivity contribution in [1.82, 2.24) is 4.31 Å². The van der Waals surface area contributed by atoms with Gasteiger partial charge in [-0.25, -0.2) is 8.42 Å². The zero-order valence-electron chi connectivity index (χ0n) is 18.3. The number of fused-ring (bicyclic) bond motifs is 1. The molecule has 0 spiro atoms. The number of hydrogen-bond acceptors (Lipinski definition) is 6. The minimum atomic E-state index is -3.91. The van der Waals surface area contributed by atoms with Crippen molar-refractivity contribution < 1.29 is 27.4 Å². The first kappa shape index (κ1) is 22.2. The molecule has 1 amide bonds. The minimum absolute atomic E-state index is 0.0734. The molecular weight excluding hydrogens is 456 g/mol. The fourth-order valence-electron chi connectivity index (χ4n) is 4.10. The maximum atomic E-state index is 13.4. The van der Waals surface area contributed by atoms with Gasteiger partial charge in [0.2, 0.25) is 15.9 Å². The second kappa shape index (κ2) is 9.36. The molecule has 1 N–H and O–H groups in total. The van der Waals surface area contributed by atoms with Gasteiger partial charge in [-0.05, 0) is 49.2 Å². The summed E-state index contributed by atoms with van der Waals surface area (Å²) in [5, 5.41) is 2.86. The molecule has 0 aromatic heterocycles. The molecule has 0 aliphatic carbocycles. The average molecular weight is 481 g/mol. The van der Waals surface area contributed by atoms with Crippen LogP contribution in [0, 0.1) is 0 Å². The number of benzene rings is 3. The van der Waals surface area contributed by atoms with Gasteiger partial charge in [-0.3, -0.25) is 4.79 Å². The highest BCUT2D eigenvalue weighted by Gasteiger charge is 2.40. The molecule has 1 fully saturated rings. The van der Waals surface area contributed by atoms with E-state index in [0.29, 0.717) is 54.7 Å². The van der Waals surface area contributed by atoms with Gasteiger partial charge >= 0.3 is 0 Å². The Morgan fingerprint density at radius 3 is 2.50 bits per heavy atom. The Kier molecular flexibility index (Phi) is 6.12. The Labute approximate surface area is 198 Å². The molecule has 0 saturated carbocycles. The fourth-order valence-corrected chi connectivity index (χ4v) is 5.77. The van der Waals surface area contributed by atoms with Crippen LogP contribution < -0.4 is 19.5 Å². The fraction of sp³-hybridized carbons (Fsp3) is 0.240. The third-order valence-electron chi connectivity index (χ3n) is 5.74. The van der Waals surface area contributed by atoms with E-state index in [2.05, 4.69) is 5.32 Å². The molecular formula is C25H24N2O6S. The summed E-state index contributed by atoms with van der Waals surface area (Å²) in [6.07, 6.45) is 1.02. The first-order valence-electron chi connectivity index (χ1n) is 11.1. The van der Waals surface area contributed by atoms with E-state index < -0.39 is 22.0 Å². The largest absolute Gasteiger partial charge is 0.486 e. The number of para-hydroxylation sites is 3. The van der Waals surface area contributed by atoms with Crippen LogP contribution in [-0.4, -0.2) is 44.4 Å². The molecule has 9 heteroatoms. The van der Waals surface area contributed by atoms with Gasteiger partial charge in [0.05, 0.1) is 10.6 Å². The van der Waals surface area contributed by atoms with Gasteiger partial charge in [-0.1, -0.05) is 30.3 Å². The third-order valence-corrected chi connectivity index (χ3v) is 7.65. The number of sulfonamides is 1. The van der Waals surface area contributed by atoms with Crippen molar-refractivity contribution in [3.05, 3.63) is 72.8 Å². The highest BCUT2D eigenvalue weighted by Crippen LogP contribution is 2.35. The van der Waals surface area contributed by atoms with Crippen LogP contribution in [-0.2, 0) is 14.8 Å². The number of nitrogens with one attached hydrogen (secondary N) is 1. The number of amides is 1. The summed E-state index contributed by atoms with van der Waals surface area (Å²) in [5.41, 5.74) is 0.472. The average Bonchev–Trinajstić information content (AvgIpc) is 3.37. The molecule has 176 valence electrons. The third kappa shape index (κ3) is 4.44. The van der Waals surface area contributed by atoms with Gasteiger partial charge < -0.3 is 19.5 Å². The van der Waals surface area contributed by atoms with Crippen LogP contribution in [0.15, 0.2) is 77.7 Å². The standard InChI is InChI=1S/C25H24N2O6S/c28-25(26-20-9-4-5-11-22(20)33-18-7-2-1-3-8-18)21-10-6-14-27(21)34(29,30)19-12-13-23-24(17-19)32-16-15-31-23/h1-5,7-9,11-13,17,21H,6,10,14-16H2,(H,26,28)/t21-/m0/s1. The number of carbonyl (C=O) groups excluding carboxylic acids is 1. The van der Waals surface area contributed by atoms with E-state index in [1.165, 1.54) is 16.4 Å². The van der Waals surface area contributed by atoms with Crippen molar-refractivity contribution >= 4 is 21.6 Å². The monoisotopic (exact) mass is 480 g/mol. The Balaban J connectivity index is 1.36. The molecule has 2 aliphatic heterocycles. The van der Waals surface area contributed by atoms with Crippen LogP contribution in [0.3, 0.4) is 0 Å². The highest BCUT2D eigenvalue weighted by atomic mass is 32.2. The van der Waals surface area contributed by atoms with Crippen molar-refractivity contribution in [1.29, 1.82) is 0 Å². The first-order chi connectivity index (χ1) is 16.5. The highest BCUT2D eigenvalue weighted by molar-refractivity contribution is 7.89. The predicted molar refractivity (Wildman–Crippen MR) is 126 cm³/mol. The molecule has 2 heterocycles. The lowest BCUT2D eigenvalue weighted by Crippen LogP contribution is -2.43. The smallest absolute Gasteiger partial charge is 0.243 e. The maximum absolute atomic E-state index is 13.4. The van der Waals surface area contributed by atoms with Crippen LogP contribution in [0.4, 0.5) is 5.69 Å². The van der Waals surface area contributed by atoms with Crippen molar-refractivity contribution in [2.24, 2.45) is 0 Å². The number of ether oxygens (including phenoxy) is 3. The van der Waals surface area contributed by atoms with Gasteiger partial charge in [0.15, 0.2) is 17.2 Å². The summed E-state index contributed by atoms with van der Waals surface area (Å²) in [6.45, 7) is 1.04. The van der Waals surface area contributed by atoms with Crippen LogP contribution in [0.1, 0.15) is 12.8 Å². The lowest BCUT2D eigenvalue weighted by Gasteiger charge is -2.25. The van der Waals surface area contributed by atoms with Crippen molar-refractivity contribution in [2.45, 2.75) is 23.8 Å². The van der Waals surface area contributed by atoms with Crippen molar-refractivity contribution in [3.8, 4) is 23.0 Å². The summed E-state index contributed by atoms with van der Waals surface area (Å²) in [7, 11) is -3.91. The molecule has 1 saturated heterocycles. The summed E-state index contributed by atoms with van der Waals surface area (Å²) in [4.78, 5) is 13.3. The Morgan fingerprint density at radius 2 is 1.68 bits per heavy atom.